The van der Waals surface area contributed by atoms with Gasteiger partial charge in [0.1, 0.15) is 11.5 Å². The SMILES string of the molecule is COc1ccc(/C=N/NC(=O)CN2CCN(S(=O)(=O)c3ccc(C)cc3)CC2)c(OC)c1. The molecule has 0 spiro atoms. The second kappa shape index (κ2) is 10.6. The van der Waals surface area contributed by atoms with Gasteiger partial charge in [-0.05, 0) is 31.2 Å². The van der Waals surface area contributed by atoms with Gasteiger partial charge in [0.25, 0.3) is 5.91 Å². The fourth-order valence-corrected chi connectivity index (χ4v) is 4.75. The highest BCUT2D eigenvalue weighted by Gasteiger charge is 2.28. The number of ether oxygens (including phenoxy) is 2. The number of amides is 1. The summed E-state index contributed by atoms with van der Waals surface area (Å²) in [5.74, 6) is 0.961. The molecule has 1 saturated heterocycles. The van der Waals surface area contributed by atoms with Gasteiger partial charge in [-0.2, -0.15) is 9.41 Å². The summed E-state index contributed by atoms with van der Waals surface area (Å²) in [5.41, 5.74) is 4.21. The van der Waals surface area contributed by atoms with Crippen LogP contribution in [0.3, 0.4) is 0 Å². The van der Waals surface area contributed by atoms with Crippen LogP contribution in [0.1, 0.15) is 11.1 Å². The van der Waals surface area contributed by atoms with Crippen LogP contribution >= 0.6 is 0 Å². The van der Waals surface area contributed by atoms with Crippen LogP contribution in [0.15, 0.2) is 52.5 Å². The molecule has 1 heterocycles. The summed E-state index contributed by atoms with van der Waals surface area (Å²) >= 11 is 0. The Bertz CT molecular complexity index is 1060. The van der Waals surface area contributed by atoms with Crippen LogP contribution in [0.2, 0.25) is 0 Å². The van der Waals surface area contributed by atoms with E-state index in [1.165, 1.54) is 10.5 Å². The van der Waals surface area contributed by atoms with Gasteiger partial charge in [0.05, 0.1) is 31.9 Å². The molecule has 2 aromatic carbocycles. The number of hydrogen-bond acceptors (Lipinski definition) is 7. The normalized spacial score (nSPS) is 15.6. The maximum atomic E-state index is 12.8. The molecule has 32 heavy (non-hydrogen) atoms. The first kappa shape index (κ1) is 23.7. The zero-order valence-corrected chi connectivity index (χ0v) is 19.3. The van der Waals surface area contributed by atoms with Gasteiger partial charge in [0, 0.05) is 37.8 Å². The average molecular weight is 461 g/mol. The number of carbonyl (C=O) groups excluding carboxylic acids is 1. The Kier molecular flexibility index (Phi) is 7.84. The Morgan fingerprint density at radius 1 is 1.06 bits per heavy atom. The molecule has 0 bridgehead atoms. The smallest absolute Gasteiger partial charge is 0.254 e. The van der Waals surface area contributed by atoms with Crippen molar-refractivity contribution in [1.29, 1.82) is 0 Å². The summed E-state index contributed by atoms with van der Waals surface area (Å²) in [7, 11) is -0.410. The highest BCUT2D eigenvalue weighted by atomic mass is 32.2. The van der Waals surface area contributed by atoms with Crippen LogP contribution in [0.25, 0.3) is 0 Å². The molecule has 0 aromatic heterocycles. The second-order valence-corrected chi connectivity index (χ2v) is 9.33. The van der Waals surface area contributed by atoms with E-state index in [0.717, 1.165) is 5.56 Å². The lowest BCUT2D eigenvalue weighted by Gasteiger charge is -2.33. The molecule has 9 nitrogen and oxygen atoms in total. The number of hydrogen-bond donors (Lipinski definition) is 1. The molecule has 1 aliphatic rings. The zero-order chi connectivity index (χ0) is 23.1. The van der Waals surface area contributed by atoms with Crippen molar-refractivity contribution in [3.05, 3.63) is 53.6 Å². The minimum absolute atomic E-state index is 0.134. The Balaban J connectivity index is 1.49. The molecule has 0 atom stereocenters. The van der Waals surface area contributed by atoms with Crippen molar-refractivity contribution in [1.82, 2.24) is 14.6 Å². The molecule has 3 rings (SSSR count). The largest absolute Gasteiger partial charge is 0.497 e. The number of piperazine rings is 1. The molecule has 10 heteroatoms. The van der Waals surface area contributed by atoms with Crippen molar-refractivity contribution in [3.8, 4) is 11.5 Å². The summed E-state index contributed by atoms with van der Waals surface area (Å²) in [6, 6.07) is 12.1. The maximum absolute atomic E-state index is 12.8. The van der Waals surface area contributed by atoms with Gasteiger partial charge in [-0.25, -0.2) is 13.8 Å². The minimum atomic E-state index is -3.53. The number of nitrogens with one attached hydrogen (secondary N) is 1. The standard InChI is InChI=1S/C22H28N4O5S/c1-17-4-8-20(9-5-17)32(28,29)26-12-10-25(11-13-26)16-22(27)24-23-15-18-6-7-19(30-2)14-21(18)31-3/h4-9,14-15H,10-13,16H2,1-3H3,(H,24,27)/b23-15+. The highest BCUT2D eigenvalue weighted by Crippen LogP contribution is 2.23. The predicted octanol–water partition coefficient (Wildman–Crippen LogP) is 1.47. The predicted molar refractivity (Wildman–Crippen MR) is 122 cm³/mol. The van der Waals surface area contributed by atoms with E-state index in [0.29, 0.717) is 43.2 Å². The maximum Gasteiger partial charge on any atom is 0.254 e. The number of sulfonamides is 1. The average Bonchev–Trinajstić information content (AvgIpc) is 2.80. The van der Waals surface area contributed by atoms with Gasteiger partial charge in [0.2, 0.25) is 10.0 Å². The van der Waals surface area contributed by atoms with E-state index in [-0.39, 0.29) is 17.3 Å². The van der Waals surface area contributed by atoms with Crippen molar-refractivity contribution in [2.75, 3.05) is 46.9 Å². The number of hydrazone groups is 1. The number of benzene rings is 2. The lowest BCUT2D eigenvalue weighted by atomic mass is 10.2. The number of carbonyl (C=O) groups is 1. The summed E-state index contributed by atoms with van der Waals surface area (Å²) in [6.45, 7) is 3.64. The van der Waals surface area contributed by atoms with Crippen molar-refractivity contribution in [2.45, 2.75) is 11.8 Å². The molecule has 172 valence electrons. The molecular formula is C22H28N4O5S. The number of nitrogens with zero attached hydrogens (tertiary/aromatic N) is 3. The molecule has 0 unspecified atom stereocenters. The van der Waals surface area contributed by atoms with Crippen LogP contribution in [0.5, 0.6) is 11.5 Å². The highest BCUT2D eigenvalue weighted by molar-refractivity contribution is 7.89. The molecule has 2 aromatic rings. The fourth-order valence-electron chi connectivity index (χ4n) is 3.32. The van der Waals surface area contributed by atoms with Crippen LogP contribution < -0.4 is 14.9 Å². The topological polar surface area (TPSA) is 101 Å². The van der Waals surface area contributed by atoms with Gasteiger partial charge in [-0.1, -0.05) is 17.7 Å². The monoisotopic (exact) mass is 460 g/mol. The van der Waals surface area contributed by atoms with E-state index in [1.807, 2.05) is 11.8 Å². The van der Waals surface area contributed by atoms with Gasteiger partial charge in [0.15, 0.2) is 0 Å². The molecule has 1 aliphatic heterocycles. The van der Waals surface area contributed by atoms with Crippen LogP contribution in [-0.2, 0) is 14.8 Å². The van der Waals surface area contributed by atoms with Gasteiger partial charge in [-0.3, -0.25) is 9.69 Å². The quantitative estimate of drug-likeness (QED) is 0.473. The van der Waals surface area contributed by atoms with Crippen LogP contribution in [0.4, 0.5) is 0 Å². The Morgan fingerprint density at radius 3 is 2.38 bits per heavy atom. The van der Waals surface area contributed by atoms with E-state index < -0.39 is 10.0 Å². The molecule has 1 fully saturated rings. The fraction of sp³-hybridized carbons (Fsp3) is 0.364. The zero-order valence-electron chi connectivity index (χ0n) is 18.4. The third-order valence-corrected chi connectivity index (χ3v) is 7.10. The van der Waals surface area contributed by atoms with Gasteiger partial charge >= 0.3 is 0 Å². The summed E-state index contributed by atoms with van der Waals surface area (Å²) in [4.78, 5) is 14.4. The third-order valence-electron chi connectivity index (χ3n) is 5.19. The second-order valence-electron chi connectivity index (χ2n) is 7.39. The van der Waals surface area contributed by atoms with E-state index in [4.69, 9.17) is 9.47 Å². The van der Waals surface area contributed by atoms with Gasteiger partial charge < -0.3 is 9.47 Å². The molecule has 1 amide bonds. The van der Waals surface area contributed by atoms with E-state index >= 15 is 0 Å². The molecule has 0 saturated carbocycles. The molecule has 0 radical (unpaired) electrons. The van der Waals surface area contributed by atoms with Crippen molar-refractivity contribution >= 4 is 22.1 Å². The van der Waals surface area contributed by atoms with Crippen molar-refractivity contribution < 1.29 is 22.7 Å². The van der Waals surface area contributed by atoms with Crippen molar-refractivity contribution in [2.24, 2.45) is 5.10 Å². The van der Waals surface area contributed by atoms with E-state index in [9.17, 15) is 13.2 Å². The Hall–Kier alpha value is -2.95. The lowest BCUT2D eigenvalue weighted by molar-refractivity contribution is -0.122. The van der Waals surface area contributed by atoms with Crippen molar-refractivity contribution in [3.63, 3.8) is 0 Å². The van der Waals surface area contributed by atoms with Crippen LogP contribution in [0, 0.1) is 6.92 Å². The van der Waals surface area contributed by atoms with Crippen LogP contribution in [-0.4, -0.2) is 76.7 Å². The summed E-state index contributed by atoms with van der Waals surface area (Å²) in [5, 5.41) is 3.99. The Labute approximate surface area is 188 Å². The number of aryl methyl sites for hydroxylation is 1. The van der Waals surface area contributed by atoms with Gasteiger partial charge in [-0.15, -0.1) is 0 Å². The van der Waals surface area contributed by atoms with E-state index in [2.05, 4.69) is 10.5 Å². The first-order valence-corrected chi connectivity index (χ1v) is 11.6. The molecular weight excluding hydrogens is 432 g/mol. The number of methoxy groups -OCH3 is 2. The summed E-state index contributed by atoms with van der Waals surface area (Å²) in [6.07, 6.45) is 1.50. The minimum Gasteiger partial charge on any atom is -0.497 e. The lowest BCUT2D eigenvalue weighted by Crippen LogP contribution is -2.50. The first-order chi connectivity index (χ1) is 15.3. The summed E-state index contributed by atoms with van der Waals surface area (Å²) < 4.78 is 37.5. The number of rotatable bonds is 8. The van der Waals surface area contributed by atoms with E-state index in [1.54, 1.807) is 56.7 Å². The Morgan fingerprint density at radius 2 is 1.75 bits per heavy atom. The third kappa shape index (κ3) is 5.84. The molecule has 1 N–H and O–H groups in total. The molecule has 0 aliphatic carbocycles. The first-order valence-electron chi connectivity index (χ1n) is 10.2.